The van der Waals surface area contributed by atoms with Crippen molar-refractivity contribution in [3.63, 3.8) is 0 Å². The SMILES string of the molecule is N[C@@H]1CCC[C@H]1CC(=O)NCC(c1ccccc1)N1CCCC1. The molecule has 1 heterocycles. The van der Waals surface area contributed by atoms with Gasteiger partial charge in [-0.15, -0.1) is 0 Å². The molecule has 1 aromatic carbocycles. The Hall–Kier alpha value is -1.39. The van der Waals surface area contributed by atoms with Crippen molar-refractivity contribution in [1.29, 1.82) is 0 Å². The Kier molecular flexibility index (Phi) is 5.68. The lowest BCUT2D eigenvalue weighted by Gasteiger charge is -2.28. The molecule has 3 atom stereocenters. The van der Waals surface area contributed by atoms with Gasteiger partial charge in [0.2, 0.25) is 5.91 Å². The summed E-state index contributed by atoms with van der Waals surface area (Å²) in [7, 11) is 0. The van der Waals surface area contributed by atoms with Crippen molar-refractivity contribution < 1.29 is 4.79 Å². The largest absolute Gasteiger partial charge is 0.354 e. The maximum Gasteiger partial charge on any atom is 0.220 e. The summed E-state index contributed by atoms with van der Waals surface area (Å²) in [4.78, 5) is 14.8. The number of hydrogen-bond acceptors (Lipinski definition) is 3. The van der Waals surface area contributed by atoms with Crippen LogP contribution < -0.4 is 11.1 Å². The highest BCUT2D eigenvalue weighted by Crippen LogP contribution is 2.27. The molecule has 1 aliphatic heterocycles. The monoisotopic (exact) mass is 315 g/mol. The Labute approximate surface area is 139 Å². The minimum Gasteiger partial charge on any atom is -0.354 e. The van der Waals surface area contributed by atoms with E-state index < -0.39 is 0 Å². The van der Waals surface area contributed by atoms with Crippen LogP contribution >= 0.6 is 0 Å². The van der Waals surface area contributed by atoms with Gasteiger partial charge in [0.15, 0.2) is 0 Å². The number of amides is 1. The topological polar surface area (TPSA) is 58.4 Å². The Morgan fingerprint density at radius 3 is 2.57 bits per heavy atom. The molecular weight excluding hydrogens is 286 g/mol. The summed E-state index contributed by atoms with van der Waals surface area (Å²) in [5, 5.41) is 3.17. The predicted octanol–water partition coefficient (Wildman–Crippen LogP) is 2.46. The van der Waals surface area contributed by atoms with Crippen LogP contribution in [0.2, 0.25) is 0 Å². The highest BCUT2D eigenvalue weighted by molar-refractivity contribution is 5.76. The average Bonchev–Trinajstić information content (AvgIpc) is 3.22. The zero-order valence-electron chi connectivity index (χ0n) is 13.9. The van der Waals surface area contributed by atoms with Crippen LogP contribution in [0, 0.1) is 5.92 Å². The molecule has 23 heavy (non-hydrogen) atoms. The van der Waals surface area contributed by atoms with Crippen LogP contribution in [0.4, 0.5) is 0 Å². The van der Waals surface area contributed by atoms with Gasteiger partial charge < -0.3 is 11.1 Å². The molecule has 0 spiro atoms. The molecule has 1 saturated heterocycles. The lowest BCUT2D eigenvalue weighted by atomic mass is 9.99. The maximum absolute atomic E-state index is 12.3. The number of nitrogens with zero attached hydrogens (tertiary/aromatic N) is 1. The lowest BCUT2D eigenvalue weighted by molar-refractivity contribution is -0.122. The minimum absolute atomic E-state index is 0.160. The van der Waals surface area contributed by atoms with Crippen molar-refractivity contribution in [2.24, 2.45) is 11.7 Å². The van der Waals surface area contributed by atoms with E-state index in [0.29, 0.717) is 24.9 Å². The molecule has 0 bridgehead atoms. The first-order valence-corrected chi connectivity index (χ1v) is 9.05. The molecule has 1 unspecified atom stereocenters. The Morgan fingerprint density at radius 2 is 1.91 bits per heavy atom. The molecule has 1 amide bonds. The fraction of sp³-hybridized carbons (Fsp3) is 0.632. The summed E-state index contributed by atoms with van der Waals surface area (Å²) in [6.45, 7) is 2.96. The van der Waals surface area contributed by atoms with E-state index in [-0.39, 0.29) is 11.9 Å². The quantitative estimate of drug-likeness (QED) is 0.848. The zero-order chi connectivity index (χ0) is 16.1. The fourth-order valence-corrected chi connectivity index (χ4v) is 4.03. The first-order valence-electron chi connectivity index (χ1n) is 9.05. The van der Waals surface area contributed by atoms with Gasteiger partial charge in [-0.2, -0.15) is 0 Å². The second-order valence-corrected chi connectivity index (χ2v) is 7.03. The van der Waals surface area contributed by atoms with Gasteiger partial charge in [0.1, 0.15) is 0 Å². The number of carbonyl (C=O) groups excluding carboxylic acids is 1. The summed E-state index contributed by atoms with van der Waals surface area (Å²) in [6, 6.07) is 11.0. The van der Waals surface area contributed by atoms with Crippen LogP contribution in [0.1, 0.15) is 50.1 Å². The first-order chi connectivity index (χ1) is 11.2. The number of benzene rings is 1. The van der Waals surface area contributed by atoms with E-state index in [9.17, 15) is 4.79 Å². The van der Waals surface area contributed by atoms with Gasteiger partial charge in [-0.1, -0.05) is 36.8 Å². The molecule has 1 aliphatic carbocycles. The maximum atomic E-state index is 12.3. The molecule has 4 nitrogen and oxygen atoms in total. The third-order valence-corrected chi connectivity index (χ3v) is 5.42. The van der Waals surface area contributed by atoms with E-state index >= 15 is 0 Å². The second kappa shape index (κ2) is 7.93. The van der Waals surface area contributed by atoms with Crippen LogP contribution in [-0.4, -0.2) is 36.5 Å². The van der Waals surface area contributed by atoms with Gasteiger partial charge in [-0.3, -0.25) is 9.69 Å². The predicted molar refractivity (Wildman–Crippen MR) is 92.9 cm³/mol. The number of nitrogens with one attached hydrogen (secondary N) is 1. The van der Waals surface area contributed by atoms with Gasteiger partial charge >= 0.3 is 0 Å². The van der Waals surface area contributed by atoms with Crippen molar-refractivity contribution in [3.8, 4) is 0 Å². The van der Waals surface area contributed by atoms with E-state index in [0.717, 1.165) is 25.9 Å². The molecular formula is C19H29N3O. The lowest BCUT2D eigenvalue weighted by Crippen LogP contribution is -2.38. The van der Waals surface area contributed by atoms with Crippen LogP contribution in [0.5, 0.6) is 0 Å². The average molecular weight is 315 g/mol. The highest BCUT2D eigenvalue weighted by atomic mass is 16.1. The molecule has 4 heteroatoms. The molecule has 0 radical (unpaired) electrons. The number of carbonyl (C=O) groups is 1. The summed E-state index contributed by atoms with van der Waals surface area (Å²) in [5.74, 6) is 0.532. The Bertz CT molecular complexity index is 499. The Balaban J connectivity index is 1.57. The number of hydrogen-bond donors (Lipinski definition) is 2. The second-order valence-electron chi connectivity index (χ2n) is 7.03. The van der Waals surface area contributed by atoms with Gasteiger partial charge in [0.25, 0.3) is 0 Å². The highest BCUT2D eigenvalue weighted by Gasteiger charge is 2.27. The number of nitrogens with two attached hydrogens (primary N) is 1. The molecule has 2 fully saturated rings. The smallest absolute Gasteiger partial charge is 0.220 e. The van der Waals surface area contributed by atoms with E-state index in [1.807, 2.05) is 6.07 Å². The van der Waals surface area contributed by atoms with Crippen molar-refractivity contribution in [1.82, 2.24) is 10.2 Å². The normalized spacial score (nSPS) is 26.3. The molecule has 126 valence electrons. The van der Waals surface area contributed by atoms with Gasteiger partial charge in [-0.25, -0.2) is 0 Å². The van der Waals surface area contributed by atoms with E-state index in [1.165, 1.54) is 24.8 Å². The fourth-order valence-electron chi connectivity index (χ4n) is 4.03. The van der Waals surface area contributed by atoms with Gasteiger partial charge in [-0.05, 0) is 50.3 Å². The van der Waals surface area contributed by atoms with E-state index in [4.69, 9.17) is 5.73 Å². The third-order valence-electron chi connectivity index (χ3n) is 5.42. The van der Waals surface area contributed by atoms with Crippen molar-refractivity contribution in [2.45, 2.75) is 50.6 Å². The van der Waals surface area contributed by atoms with E-state index in [2.05, 4.69) is 34.5 Å². The molecule has 2 aliphatic rings. The Morgan fingerprint density at radius 1 is 1.17 bits per heavy atom. The van der Waals surface area contributed by atoms with Crippen LogP contribution in [0.15, 0.2) is 30.3 Å². The van der Waals surface area contributed by atoms with Crippen LogP contribution in [0.25, 0.3) is 0 Å². The van der Waals surface area contributed by atoms with E-state index in [1.54, 1.807) is 0 Å². The number of rotatable bonds is 6. The standard InChI is InChI=1S/C19H29N3O/c20-17-10-6-9-16(17)13-19(23)21-14-18(22-11-4-5-12-22)15-7-2-1-3-8-15/h1-3,7-8,16-18H,4-6,9-14,20H2,(H,21,23)/t16-,17+,18?/m0/s1. The molecule has 3 rings (SSSR count). The molecule has 1 aromatic rings. The molecule has 3 N–H and O–H groups in total. The third kappa shape index (κ3) is 4.33. The summed E-state index contributed by atoms with van der Waals surface area (Å²) < 4.78 is 0. The van der Waals surface area contributed by atoms with Crippen molar-refractivity contribution in [3.05, 3.63) is 35.9 Å². The molecule has 0 aromatic heterocycles. The summed E-state index contributed by atoms with van der Waals surface area (Å²) in [5.41, 5.74) is 7.38. The minimum atomic E-state index is 0.160. The summed E-state index contributed by atoms with van der Waals surface area (Å²) >= 11 is 0. The van der Waals surface area contributed by atoms with Gasteiger partial charge in [0, 0.05) is 19.0 Å². The van der Waals surface area contributed by atoms with Crippen LogP contribution in [0.3, 0.4) is 0 Å². The van der Waals surface area contributed by atoms with Gasteiger partial charge in [0.05, 0.1) is 6.04 Å². The van der Waals surface area contributed by atoms with Crippen molar-refractivity contribution >= 4 is 5.91 Å². The first kappa shape index (κ1) is 16.5. The molecule has 1 saturated carbocycles. The zero-order valence-corrected chi connectivity index (χ0v) is 13.9. The number of likely N-dealkylation sites (tertiary alicyclic amines) is 1. The van der Waals surface area contributed by atoms with Crippen molar-refractivity contribution in [2.75, 3.05) is 19.6 Å². The van der Waals surface area contributed by atoms with Crippen LogP contribution in [-0.2, 0) is 4.79 Å². The summed E-state index contributed by atoms with van der Waals surface area (Å²) in [6.07, 6.45) is 6.44.